The van der Waals surface area contributed by atoms with Crippen LogP contribution in [0.2, 0.25) is 0 Å². The van der Waals surface area contributed by atoms with E-state index in [9.17, 15) is 19.8 Å². The lowest BCUT2D eigenvalue weighted by molar-refractivity contribution is -0.141. The number of hydrogen-bond donors (Lipinski definition) is 4. The minimum absolute atomic E-state index is 0.0464. The molecule has 0 aliphatic heterocycles. The van der Waals surface area contributed by atoms with Crippen LogP contribution in [0.5, 0.6) is 5.75 Å². The molecule has 1 atom stereocenters. The number of phenols is 1. The van der Waals surface area contributed by atoms with E-state index in [0.717, 1.165) is 19.3 Å². The number of aromatic hydroxyl groups is 1. The summed E-state index contributed by atoms with van der Waals surface area (Å²) in [5.74, 6) is -1.55. The van der Waals surface area contributed by atoms with Crippen LogP contribution in [0.3, 0.4) is 0 Å². The third kappa shape index (κ3) is 5.70. The predicted molar refractivity (Wildman–Crippen MR) is 91.9 cm³/mol. The Labute approximate surface area is 141 Å². The van der Waals surface area contributed by atoms with Crippen LogP contribution in [-0.4, -0.2) is 34.7 Å². The highest BCUT2D eigenvalue weighted by Crippen LogP contribution is 2.22. The van der Waals surface area contributed by atoms with E-state index in [1.54, 1.807) is 18.2 Å². The van der Waals surface area contributed by atoms with Crippen LogP contribution in [0.15, 0.2) is 35.9 Å². The summed E-state index contributed by atoms with van der Waals surface area (Å²) >= 11 is 0. The van der Waals surface area contributed by atoms with Crippen LogP contribution in [0, 0.1) is 0 Å². The Morgan fingerprint density at radius 1 is 1.21 bits per heavy atom. The summed E-state index contributed by atoms with van der Waals surface area (Å²) in [6.07, 6.45) is 7.44. The molecule has 0 spiro atoms. The minimum Gasteiger partial charge on any atom is -0.506 e. The number of phenolic OH excluding ortho intramolecular Hbond substituents is 1. The smallest absolute Gasteiger partial charge is 0.321 e. The van der Waals surface area contributed by atoms with Gasteiger partial charge < -0.3 is 20.8 Å². The van der Waals surface area contributed by atoms with Gasteiger partial charge in [0.15, 0.2) is 0 Å². The van der Waals surface area contributed by atoms with Crippen LogP contribution in [0.25, 0.3) is 0 Å². The summed E-state index contributed by atoms with van der Waals surface area (Å²) < 4.78 is 0. The first-order chi connectivity index (χ1) is 11.6. The Morgan fingerprint density at radius 3 is 2.67 bits per heavy atom. The van der Waals surface area contributed by atoms with Gasteiger partial charge in [-0.1, -0.05) is 23.8 Å². The molecule has 0 heterocycles. The fraction of sp³-hybridized carbons (Fsp3) is 0.444. The molecule has 130 valence electrons. The van der Waals surface area contributed by atoms with Crippen molar-refractivity contribution in [3.8, 4) is 5.75 Å². The van der Waals surface area contributed by atoms with Crippen molar-refractivity contribution in [1.29, 1.82) is 0 Å². The number of allylic oxidation sites excluding steroid dienone is 1. The normalized spacial score (nSPS) is 15.4. The van der Waals surface area contributed by atoms with E-state index in [1.807, 2.05) is 0 Å². The van der Waals surface area contributed by atoms with Crippen molar-refractivity contribution >= 4 is 17.6 Å². The molecule has 24 heavy (non-hydrogen) atoms. The van der Waals surface area contributed by atoms with Gasteiger partial charge in [-0.3, -0.25) is 9.59 Å². The molecule has 6 heteroatoms. The van der Waals surface area contributed by atoms with E-state index in [0.29, 0.717) is 6.54 Å². The zero-order valence-corrected chi connectivity index (χ0v) is 13.6. The first-order valence-corrected chi connectivity index (χ1v) is 8.28. The van der Waals surface area contributed by atoms with Crippen molar-refractivity contribution in [2.24, 2.45) is 0 Å². The topological polar surface area (TPSA) is 98.7 Å². The van der Waals surface area contributed by atoms with Gasteiger partial charge in [-0.25, -0.2) is 0 Å². The largest absolute Gasteiger partial charge is 0.506 e. The number of anilines is 1. The van der Waals surface area contributed by atoms with Crippen LogP contribution in [0.4, 0.5) is 5.69 Å². The van der Waals surface area contributed by atoms with Gasteiger partial charge in [0.1, 0.15) is 11.8 Å². The first kappa shape index (κ1) is 18.0. The van der Waals surface area contributed by atoms with Crippen molar-refractivity contribution < 1.29 is 19.8 Å². The van der Waals surface area contributed by atoms with Gasteiger partial charge in [0, 0.05) is 0 Å². The summed E-state index contributed by atoms with van der Waals surface area (Å²) in [4.78, 5) is 23.3. The lowest BCUT2D eigenvalue weighted by Gasteiger charge is -2.17. The second-order valence-electron chi connectivity index (χ2n) is 5.97. The second-order valence-corrected chi connectivity index (χ2v) is 5.97. The molecule has 4 N–H and O–H groups in total. The van der Waals surface area contributed by atoms with Gasteiger partial charge in [0.05, 0.1) is 12.1 Å². The number of hydrogen-bond acceptors (Lipinski definition) is 4. The van der Waals surface area contributed by atoms with Gasteiger partial charge in [0.2, 0.25) is 5.91 Å². The Bertz CT molecular complexity index is 613. The molecule has 0 radical (unpaired) electrons. The molecule has 1 aliphatic carbocycles. The summed E-state index contributed by atoms with van der Waals surface area (Å²) in [5, 5.41) is 24.4. The number of amides is 1. The van der Waals surface area contributed by atoms with Crippen LogP contribution < -0.4 is 10.6 Å². The molecule has 6 nitrogen and oxygen atoms in total. The van der Waals surface area contributed by atoms with Crippen molar-refractivity contribution in [3.05, 3.63) is 35.9 Å². The lowest BCUT2D eigenvalue weighted by atomic mass is 9.97. The molecule has 0 bridgehead atoms. The number of carboxylic acids is 1. The molecular formula is C18H24N2O4. The molecular weight excluding hydrogens is 308 g/mol. The van der Waals surface area contributed by atoms with Crippen LogP contribution in [-0.2, 0) is 9.59 Å². The number of benzene rings is 1. The maximum absolute atomic E-state index is 12.0. The molecule has 1 unspecified atom stereocenters. The molecule has 1 aromatic rings. The lowest BCUT2D eigenvalue weighted by Crippen LogP contribution is -2.40. The first-order valence-electron chi connectivity index (χ1n) is 8.28. The van der Waals surface area contributed by atoms with Gasteiger partial charge in [-0.2, -0.15) is 0 Å². The molecule has 1 aromatic carbocycles. The monoisotopic (exact) mass is 332 g/mol. The van der Waals surface area contributed by atoms with Crippen LogP contribution >= 0.6 is 0 Å². The third-order valence-corrected chi connectivity index (χ3v) is 4.09. The van der Waals surface area contributed by atoms with Crippen molar-refractivity contribution in [1.82, 2.24) is 5.32 Å². The minimum atomic E-state index is -1.06. The fourth-order valence-corrected chi connectivity index (χ4v) is 2.75. The highest BCUT2D eigenvalue weighted by molar-refractivity contribution is 5.95. The zero-order valence-electron chi connectivity index (χ0n) is 13.6. The number of nitrogens with one attached hydrogen (secondary N) is 2. The highest BCUT2D eigenvalue weighted by Gasteiger charge is 2.21. The molecule has 0 fully saturated rings. The molecule has 1 amide bonds. The summed E-state index contributed by atoms with van der Waals surface area (Å²) in [5.41, 5.74) is 1.63. The average Bonchev–Trinajstić information content (AvgIpc) is 2.57. The number of carboxylic acid groups (broad SMARTS) is 1. The average molecular weight is 332 g/mol. The molecule has 0 aromatic heterocycles. The van der Waals surface area contributed by atoms with Gasteiger partial charge in [-0.05, 0) is 50.8 Å². The second kappa shape index (κ2) is 9.08. The predicted octanol–water partition coefficient (Wildman–Crippen LogP) is 2.65. The Hall–Kier alpha value is -2.34. The number of rotatable bonds is 8. The standard InChI is InChI=1S/C18H24N2O4/c21-16-9-5-4-8-14(16)20-17(22)12-15(18(23)24)19-11-10-13-6-2-1-3-7-13/h4-6,8-9,15,19,21H,1-3,7,10-12H2,(H,20,22)(H,23,24). The summed E-state index contributed by atoms with van der Waals surface area (Å²) in [6.45, 7) is 0.534. The molecule has 1 aliphatic rings. The number of aliphatic carboxylic acids is 1. The Kier molecular flexibility index (Phi) is 6.81. The summed E-state index contributed by atoms with van der Waals surface area (Å²) in [6, 6.07) is 5.40. The van der Waals surface area contributed by atoms with Gasteiger partial charge >= 0.3 is 5.97 Å². The van der Waals surface area contributed by atoms with E-state index >= 15 is 0 Å². The molecule has 0 saturated heterocycles. The van der Waals surface area contributed by atoms with E-state index in [-0.39, 0.29) is 17.9 Å². The Morgan fingerprint density at radius 2 is 2.00 bits per heavy atom. The molecule has 0 saturated carbocycles. The number of para-hydroxylation sites is 2. The number of carbonyl (C=O) groups excluding carboxylic acids is 1. The van der Waals surface area contributed by atoms with E-state index < -0.39 is 17.9 Å². The summed E-state index contributed by atoms with van der Waals surface area (Å²) in [7, 11) is 0. The van der Waals surface area contributed by atoms with Crippen molar-refractivity contribution in [2.45, 2.75) is 44.6 Å². The van der Waals surface area contributed by atoms with E-state index in [4.69, 9.17) is 0 Å². The SMILES string of the molecule is O=C(CC(NCCC1=CCCCC1)C(=O)O)Nc1ccccc1O. The van der Waals surface area contributed by atoms with Crippen molar-refractivity contribution in [3.63, 3.8) is 0 Å². The van der Waals surface area contributed by atoms with E-state index in [1.165, 1.54) is 24.5 Å². The van der Waals surface area contributed by atoms with E-state index in [2.05, 4.69) is 16.7 Å². The van der Waals surface area contributed by atoms with Gasteiger partial charge in [0.25, 0.3) is 0 Å². The van der Waals surface area contributed by atoms with Crippen LogP contribution in [0.1, 0.15) is 38.5 Å². The third-order valence-electron chi connectivity index (χ3n) is 4.09. The zero-order chi connectivity index (χ0) is 17.4. The quantitative estimate of drug-likeness (QED) is 0.433. The number of carbonyl (C=O) groups is 2. The van der Waals surface area contributed by atoms with Gasteiger partial charge in [-0.15, -0.1) is 0 Å². The highest BCUT2D eigenvalue weighted by atomic mass is 16.4. The maximum Gasteiger partial charge on any atom is 0.321 e. The van der Waals surface area contributed by atoms with Crippen molar-refractivity contribution in [2.75, 3.05) is 11.9 Å². The Balaban J connectivity index is 1.81. The molecule has 2 rings (SSSR count). The maximum atomic E-state index is 12.0. The fourth-order valence-electron chi connectivity index (χ4n) is 2.75.